The van der Waals surface area contributed by atoms with Crippen LogP contribution in [0.5, 0.6) is 0 Å². The standard InChI is InChI=1S/C20H23ClN2/c1-2-3-4-9-14-23-19-13-8-7-12-18(19)22-20(23)15-16-10-5-6-11-17(16)21/h5-8,10-13H,2-4,9,14-15H2,1H3. The Morgan fingerprint density at radius 1 is 0.957 bits per heavy atom. The Morgan fingerprint density at radius 2 is 1.74 bits per heavy atom. The number of imidazole rings is 1. The summed E-state index contributed by atoms with van der Waals surface area (Å²) in [5, 5.41) is 0.817. The van der Waals surface area contributed by atoms with Gasteiger partial charge in [0.25, 0.3) is 0 Å². The summed E-state index contributed by atoms with van der Waals surface area (Å²) in [6.45, 7) is 3.27. The van der Waals surface area contributed by atoms with E-state index >= 15 is 0 Å². The van der Waals surface area contributed by atoms with E-state index in [4.69, 9.17) is 16.6 Å². The molecule has 0 saturated heterocycles. The van der Waals surface area contributed by atoms with Gasteiger partial charge in [-0.15, -0.1) is 0 Å². The van der Waals surface area contributed by atoms with Gasteiger partial charge in [0.05, 0.1) is 11.0 Å². The fourth-order valence-corrected chi connectivity index (χ4v) is 3.22. The molecular formula is C20H23ClN2. The zero-order valence-electron chi connectivity index (χ0n) is 13.6. The van der Waals surface area contributed by atoms with E-state index in [-0.39, 0.29) is 0 Å². The Bertz CT molecular complexity index is 776. The van der Waals surface area contributed by atoms with Crippen LogP contribution in [0.1, 0.15) is 44.0 Å². The Hall–Kier alpha value is -1.80. The second-order valence-corrected chi connectivity index (χ2v) is 6.40. The van der Waals surface area contributed by atoms with E-state index < -0.39 is 0 Å². The van der Waals surface area contributed by atoms with E-state index in [1.807, 2.05) is 18.2 Å². The number of benzene rings is 2. The maximum atomic E-state index is 6.33. The first-order valence-electron chi connectivity index (χ1n) is 8.47. The van der Waals surface area contributed by atoms with Crippen molar-refractivity contribution in [3.63, 3.8) is 0 Å². The van der Waals surface area contributed by atoms with E-state index in [0.717, 1.165) is 34.9 Å². The smallest absolute Gasteiger partial charge is 0.114 e. The Kier molecular flexibility index (Phi) is 5.35. The van der Waals surface area contributed by atoms with Crippen LogP contribution in [0.25, 0.3) is 11.0 Å². The zero-order chi connectivity index (χ0) is 16.1. The Morgan fingerprint density at radius 3 is 2.57 bits per heavy atom. The van der Waals surface area contributed by atoms with Gasteiger partial charge in [0.1, 0.15) is 5.82 Å². The highest BCUT2D eigenvalue weighted by Gasteiger charge is 2.12. The molecule has 0 aliphatic rings. The lowest BCUT2D eigenvalue weighted by molar-refractivity contribution is 0.578. The number of fused-ring (bicyclic) bond motifs is 1. The van der Waals surface area contributed by atoms with Gasteiger partial charge >= 0.3 is 0 Å². The minimum absolute atomic E-state index is 0.780. The molecule has 2 nitrogen and oxygen atoms in total. The second kappa shape index (κ2) is 7.65. The van der Waals surface area contributed by atoms with Crippen molar-refractivity contribution in [2.45, 2.75) is 45.6 Å². The largest absolute Gasteiger partial charge is 0.328 e. The van der Waals surface area contributed by atoms with E-state index in [2.05, 4.69) is 41.8 Å². The molecule has 0 N–H and O–H groups in total. The number of hydrogen-bond donors (Lipinski definition) is 0. The predicted octanol–water partition coefficient (Wildman–Crippen LogP) is 5.86. The van der Waals surface area contributed by atoms with E-state index in [1.165, 1.54) is 31.2 Å². The van der Waals surface area contributed by atoms with Crippen LogP contribution >= 0.6 is 11.6 Å². The van der Waals surface area contributed by atoms with Crippen LogP contribution in [0.3, 0.4) is 0 Å². The average Bonchev–Trinajstić information content (AvgIpc) is 2.91. The summed E-state index contributed by atoms with van der Waals surface area (Å²) >= 11 is 6.33. The maximum Gasteiger partial charge on any atom is 0.114 e. The number of aryl methyl sites for hydroxylation is 1. The molecule has 1 aromatic heterocycles. The number of unbranched alkanes of at least 4 members (excludes halogenated alkanes) is 3. The molecule has 0 saturated carbocycles. The molecule has 0 spiro atoms. The van der Waals surface area contributed by atoms with Gasteiger partial charge in [-0.1, -0.05) is 68.1 Å². The molecule has 0 atom stereocenters. The predicted molar refractivity (Wildman–Crippen MR) is 98.1 cm³/mol. The second-order valence-electron chi connectivity index (χ2n) is 6.00. The summed E-state index contributed by atoms with van der Waals surface area (Å²) in [7, 11) is 0. The van der Waals surface area contributed by atoms with Crippen molar-refractivity contribution < 1.29 is 0 Å². The van der Waals surface area contributed by atoms with Crippen LogP contribution in [0.4, 0.5) is 0 Å². The molecule has 23 heavy (non-hydrogen) atoms. The molecule has 3 heteroatoms. The molecule has 0 unspecified atom stereocenters. The van der Waals surface area contributed by atoms with Gasteiger partial charge in [0.15, 0.2) is 0 Å². The van der Waals surface area contributed by atoms with Crippen LogP contribution < -0.4 is 0 Å². The molecule has 0 aliphatic heterocycles. The molecule has 0 fully saturated rings. The van der Waals surface area contributed by atoms with Crippen molar-refractivity contribution in [2.75, 3.05) is 0 Å². The molecule has 0 bridgehead atoms. The molecule has 0 aliphatic carbocycles. The molecule has 1 heterocycles. The number of nitrogens with zero attached hydrogens (tertiary/aromatic N) is 2. The summed E-state index contributed by atoms with van der Waals surface area (Å²) in [5.41, 5.74) is 3.44. The monoisotopic (exact) mass is 326 g/mol. The maximum absolute atomic E-state index is 6.33. The fourth-order valence-electron chi connectivity index (χ4n) is 3.02. The number of aromatic nitrogens is 2. The van der Waals surface area contributed by atoms with E-state index in [9.17, 15) is 0 Å². The van der Waals surface area contributed by atoms with Gasteiger partial charge in [-0.05, 0) is 30.2 Å². The van der Waals surface area contributed by atoms with Crippen LogP contribution in [-0.2, 0) is 13.0 Å². The number of hydrogen-bond acceptors (Lipinski definition) is 1. The zero-order valence-corrected chi connectivity index (χ0v) is 14.4. The van der Waals surface area contributed by atoms with Gasteiger partial charge in [0, 0.05) is 18.0 Å². The Balaban J connectivity index is 1.90. The molecule has 3 aromatic rings. The first-order valence-corrected chi connectivity index (χ1v) is 8.85. The Labute approximate surface area is 143 Å². The highest BCUT2D eigenvalue weighted by Crippen LogP contribution is 2.23. The first kappa shape index (κ1) is 16.1. The summed E-state index contributed by atoms with van der Waals surface area (Å²) in [6.07, 6.45) is 5.81. The SMILES string of the molecule is CCCCCCn1c(Cc2ccccc2Cl)nc2ccccc21. The van der Waals surface area contributed by atoms with E-state index in [1.54, 1.807) is 0 Å². The van der Waals surface area contributed by atoms with Gasteiger partial charge in [-0.3, -0.25) is 0 Å². The quantitative estimate of drug-likeness (QED) is 0.497. The molecule has 0 radical (unpaired) electrons. The number of para-hydroxylation sites is 2. The lowest BCUT2D eigenvalue weighted by atomic mass is 10.1. The molecular weight excluding hydrogens is 304 g/mol. The summed E-state index contributed by atoms with van der Waals surface area (Å²) in [6, 6.07) is 16.4. The summed E-state index contributed by atoms with van der Waals surface area (Å²) in [5.74, 6) is 1.11. The van der Waals surface area contributed by atoms with Crippen molar-refractivity contribution in [3.05, 3.63) is 64.9 Å². The van der Waals surface area contributed by atoms with E-state index in [0.29, 0.717) is 0 Å². The fraction of sp³-hybridized carbons (Fsp3) is 0.350. The molecule has 0 amide bonds. The lowest BCUT2D eigenvalue weighted by Gasteiger charge is -2.10. The third-order valence-electron chi connectivity index (χ3n) is 4.28. The van der Waals surface area contributed by atoms with Crippen molar-refractivity contribution in [1.82, 2.24) is 9.55 Å². The third kappa shape index (κ3) is 3.76. The molecule has 120 valence electrons. The van der Waals surface area contributed by atoms with Gasteiger partial charge < -0.3 is 4.57 Å². The minimum Gasteiger partial charge on any atom is -0.328 e. The van der Waals surface area contributed by atoms with Crippen LogP contribution in [0.15, 0.2) is 48.5 Å². The normalized spacial score (nSPS) is 11.2. The van der Waals surface area contributed by atoms with Crippen molar-refractivity contribution >= 4 is 22.6 Å². The third-order valence-corrected chi connectivity index (χ3v) is 4.64. The molecule has 2 aromatic carbocycles. The van der Waals surface area contributed by atoms with Crippen molar-refractivity contribution in [1.29, 1.82) is 0 Å². The van der Waals surface area contributed by atoms with Gasteiger partial charge in [-0.2, -0.15) is 0 Å². The lowest BCUT2D eigenvalue weighted by Crippen LogP contribution is -2.05. The van der Waals surface area contributed by atoms with Crippen molar-refractivity contribution in [2.24, 2.45) is 0 Å². The molecule has 3 rings (SSSR count). The first-order chi connectivity index (χ1) is 11.3. The topological polar surface area (TPSA) is 17.8 Å². The summed E-state index contributed by atoms with van der Waals surface area (Å²) in [4.78, 5) is 4.85. The number of rotatable bonds is 7. The minimum atomic E-state index is 0.780. The average molecular weight is 327 g/mol. The summed E-state index contributed by atoms with van der Waals surface area (Å²) < 4.78 is 2.37. The van der Waals surface area contributed by atoms with Crippen molar-refractivity contribution in [3.8, 4) is 0 Å². The number of halogens is 1. The van der Waals surface area contributed by atoms with Gasteiger partial charge in [-0.25, -0.2) is 4.98 Å². The van der Waals surface area contributed by atoms with Crippen LogP contribution in [-0.4, -0.2) is 9.55 Å². The highest BCUT2D eigenvalue weighted by molar-refractivity contribution is 6.31. The highest BCUT2D eigenvalue weighted by atomic mass is 35.5. The van der Waals surface area contributed by atoms with Crippen LogP contribution in [0.2, 0.25) is 5.02 Å². The van der Waals surface area contributed by atoms with Gasteiger partial charge in [0.2, 0.25) is 0 Å². The van der Waals surface area contributed by atoms with Crippen LogP contribution in [0, 0.1) is 0 Å².